The molecule has 122 valence electrons. The van der Waals surface area contributed by atoms with Crippen molar-refractivity contribution >= 4 is 10.8 Å². The number of benzene rings is 3. The number of hydrogen-bond donors (Lipinski definition) is 1. The summed E-state index contributed by atoms with van der Waals surface area (Å²) in [6, 6.07) is 16.5. The van der Waals surface area contributed by atoms with Crippen LogP contribution in [-0.4, -0.2) is 0 Å². The smallest absolute Gasteiger partial charge is 0.205 e. The number of rotatable bonds is 1. The molecule has 0 aliphatic carbocycles. The number of fused-ring (bicyclic) bond motifs is 3. The van der Waals surface area contributed by atoms with Gasteiger partial charge >= 0.3 is 0 Å². The number of nitrogens with two attached hydrogens (primary N) is 1. The van der Waals surface area contributed by atoms with Gasteiger partial charge in [0.15, 0.2) is 0 Å². The second kappa shape index (κ2) is 5.60. The highest BCUT2D eigenvalue weighted by molar-refractivity contribution is 5.90. The summed E-state index contributed by atoms with van der Waals surface area (Å²) in [6.45, 7) is 0. The Morgan fingerprint density at radius 1 is 0.920 bits per heavy atom. The van der Waals surface area contributed by atoms with Crippen LogP contribution in [0.25, 0.3) is 10.8 Å². The molecule has 3 aromatic rings. The van der Waals surface area contributed by atoms with Crippen molar-refractivity contribution in [2.75, 3.05) is 0 Å². The molecule has 0 amide bonds. The quantitative estimate of drug-likeness (QED) is 0.720. The van der Waals surface area contributed by atoms with Gasteiger partial charge in [-0.05, 0) is 29.0 Å². The van der Waals surface area contributed by atoms with E-state index in [-0.39, 0.29) is 17.0 Å². The van der Waals surface area contributed by atoms with Crippen molar-refractivity contribution < 1.29 is 13.5 Å². The van der Waals surface area contributed by atoms with E-state index in [2.05, 4.69) is 0 Å². The standard InChI is InChI=1S/C20H12F2N2O/c21-14-6-3-7-15(22)19(14)18-13(10-23)20(24)25-16-9-8-11-4-1-2-5-12(11)17(16)18/h1-9,18H,24H2. The summed E-state index contributed by atoms with van der Waals surface area (Å²) in [7, 11) is 0. The Balaban J connectivity index is 2.13. The summed E-state index contributed by atoms with van der Waals surface area (Å²) >= 11 is 0. The van der Waals surface area contributed by atoms with Crippen LogP contribution in [0.5, 0.6) is 5.75 Å². The van der Waals surface area contributed by atoms with Gasteiger partial charge in [0.1, 0.15) is 29.0 Å². The molecule has 1 aliphatic heterocycles. The van der Waals surface area contributed by atoms with E-state index in [1.807, 2.05) is 36.4 Å². The van der Waals surface area contributed by atoms with Crippen LogP contribution in [-0.2, 0) is 0 Å². The molecule has 4 rings (SSSR count). The number of allylic oxidation sites excluding steroid dienone is 1. The van der Waals surface area contributed by atoms with Crippen LogP contribution < -0.4 is 10.5 Å². The minimum atomic E-state index is -0.971. The van der Waals surface area contributed by atoms with E-state index in [4.69, 9.17) is 10.5 Å². The zero-order valence-corrected chi connectivity index (χ0v) is 13.0. The first kappa shape index (κ1) is 15.2. The number of nitriles is 1. The summed E-state index contributed by atoms with van der Waals surface area (Å²) in [5.41, 5.74) is 6.19. The molecule has 1 aliphatic rings. The third-order valence-electron chi connectivity index (χ3n) is 4.40. The molecule has 3 nitrogen and oxygen atoms in total. The van der Waals surface area contributed by atoms with Crippen molar-refractivity contribution in [3.05, 3.63) is 88.8 Å². The van der Waals surface area contributed by atoms with E-state index in [9.17, 15) is 14.0 Å². The molecule has 1 atom stereocenters. The predicted octanol–water partition coefficient (Wildman–Crippen LogP) is 4.34. The fraction of sp³-hybridized carbons (Fsp3) is 0.0500. The minimum absolute atomic E-state index is 0.00662. The van der Waals surface area contributed by atoms with Crippen molar-refractivity contribution in [1.82, 2.24) is 0 Å². The lowest BCUT2D eigenvalue weighted by Gasteiger charge is -2.28. The number of ether oxygens (including phenoxy) is 1. The SMILES string of the molecule is N#CC1=C(N)Oc2ccc3ccccc3c2C1c1c(F)cccc1F. The van der Waals surface area contributed by atoms with Gasteiger partial charge in [0.05, 0.1) is 5.92 Å². The molecule has 0 saturated heterocycles. The Kier molecular flexibility index (Phi) is 3.40. The molecule has 0 aromatic heterocycles. The lowest BCUT2D eigenvalue weighted by Crippen LogP contribution is -2.22. The van der Waals surface area contributed by atoms with Crippen LogP contribution in [0.1, 0.15) is 17.0 Å². The predicted molar refractivity (Wildman–Crippen MR) is 89.6 cm³/mol. The van der Waals surface area contributed by atoms with Crippen LogP contribution in [0.2, 0.25) is 0 Å². The molecule has 5 heteroatoms. The highest BCUT2D eigenvalue weighted by atomic mass is 19.1. The summed E-state index contributed by atoms with van der Waals surface area (Å²) in [5, 5.41) is 11.2. The van der Waals surface area contributed by atoms with E-state index in [1.54, 1.807) is 6.07 Å². The Bertz CT molecular complexity index is 1060. The van der Waals surface area contributed by atoms with Crippen LogP contribution in [0, 0.1) is 23.0 Å². The maximum atomic E-state index is 14.5. The highest BCUT2D eigenvalue weighted by Crippen LogP contribution is 2.46. The fourth-order valence-electron chi connectivity index (χ4n) is 3.32. The molecule has 0 saturated carbocycles. The molecular formula is C20H12F2N2O. The van der Waals surface area contributed by atoms with Gasteiger partial charge in [-0.25, -0.2) is 8.78 Å². The lowest BCUT2D eigenvalue weighted by atomic mass is 9.80. The Hall–Kier alpha value is -3.39. The van der Waals surface area contributed by atoms with Crippen LogP contribution in [0.4, 0.5) is 8.78 Å². The van der Waals surface area contributed by atoms with E-state index >= 15 is 0 Å². The van der Waals surface area contributed by atoms with E-state index in [1.165, 1.54) is 18.2 Å². The molecule has 1 heterocycles. The van der Waals surface area contributed by atoms with Gasteiger partial charge in [0.2, 0.25) is 5.88 Å². The molecule has 1 unspecified atom stereocenters. The number of nitrogens with zero attached hydrogens (tertiary/aromatic N) is 1. The number of hydrogen-bond acceptors (Lipinski definition) is 3. The zero-order valence-electron chi connectivity index (χ0n) is 13.0. The maximum absolute atomic E-state index is 14.5. The van der Waals surface area contributed by atoms with E-state index in [0.29, 0.717) is 11.3 Å². The van der Waals surface area contributed by atoms with Gasteiger partial charge in [0, 0.05) is 11.1 Å². The van der Waals surface area contributed by atoms with Gasteiger partial charge < -0.3 is 10.5 Å². The zero-order chi connectivity index (χ0) is 17.6. The Labute approximate surface area is 142 Å². The lowest BCUT2D eigenvalue weighted by molar-refractivity contribution is 0.392. The van der Waals surface area contributed by atoms with Crippen molar-refractivity contribution in [3.8, 4) is 11.8 Å². The largest absolute Gasteiger partial charge is 0.440 e. The molecular weight excluding hydrogens is 322 g/mol. The van der Waals surface area contributed by atoms with Gasteiger partial charge in [-0.1, -0.05) is 36.4 Å². The van der Waals surface area contributed by atoms with Crippen molar-refractivity contribution in [1.29, 1.82) is 5.26 Å². The first-order valence-electron chi connectivity index (χ1n) is 7.65. The molecule has 25 heavy (non-hydrogen) atoms. The van der Waals surface area contributed by atoms with Gasteiger partial charge in [0.25, 0.3) is 0 Å². The van der Waals surface area contributed by atoms with Gasteiger partial charge in [-0.15, -0.1) is 0 Å². The topological polar surface area (TPSA) is 59.0 Å². The van der Waals surface area contributed by atoms with Crippen molar-refractivity contribution in [2.24, 2.45) is 5.73 Å². The maximum Gasteiger partial charge on any atom is 0.205 e. The van der Waals surface area contributed by atoms with Gasteiger partial charge in [-0.2, -0.15) is 5.26 Å². The summed E-state index contributed by atoms with van der Waals surface area (Å²) in [4.78, 5) is 0. The molecule has 0 radical (unpaired) electrons. The highest BCUT2D eigenvalue weighted by Gasteiger charge is 2.35. The monoisotopic (exact) mass is 334 g/mol. The normalized spacial score (nSPS) is 16.3. The average molecular weight is 334 g/mol. The molecule has 3 aromatic carbocycles. The van der Waals surface area contributed by atoms with E-state index < -0.39 is 17.6 Å². The summed E-state index contributed by atoms with van der Waals surface area (Å²) in [5.74, 6) is -2.18. The summed E-state index contributed by atoms with van der Waals surface area (Å²) in [6.07, 6.45) is 0. The third-order valence-corrected chi connectivity index (χ3v) is 4.40. The molecule has 0 bridgehead atoms. The second-order valence-electron chi connectivity index (χ2n) is 5.76. The number of halogens is 2. The van der Waals surface area contributed by atoms with Gasteiger partial charge in [-0.3, -0.25) is 0 Å². The first-order chi connectivity index (χ1) is 12.1. The average Bonchev–Trinajstić information content (AvgIpc) is 2.61. The molecule has 0 spiro atoms. The molecule has 0 fully saturated rings. The van der Waals surface area contributed by atoms with Crippen LogP contribution in [0.3, 0.4) is 0 Å². The van der Waals surface area contributed by atoms with Crippen LogP contribution >= 0.6 is 0 Å². The fourth-order valence-corrected chi connectivity index (χ4v) is 3.32. The summed E-state index contributed by atoms with van der Waals surface area (Å²) < 4.78 is 34.6. The van der Waals surface area contributed by atoms with E-state index in [0.717, 1.165) is 10.8 Å². The second-order valence-corrected chi connectivity index (χ2v) is 5.76. The first-order valence-corrected chi connectivity index (χ1v) is 7.65. The Morgan fingerprint density at radius 2 is 1.64 bits per heavy atom. The Morgan fingerprint density at radius 3 is 2.36 bits per heavy atom. The minimum Gasteiger partial charge on any atom is -0.440 e. The van der Waals surface area contributed by atoms with Crippen LogP contribution in [0.15, 0.2) is 66.1 Å². The van der Waals surface area contributed by atoms with Crippen molar-refractivity contribution in [3.63, 3.8) is 0 Å². The third kappa shape index (κ3) is 2.23. The molecule has 2 N–H and O–H groups in total. The van der Waals surface area contributed by atoms with Crippen molar-refractivity contribution in [2.45, 2.75) is 5.92 Å².